The molecule has 0 fully saturated rings. The summed E-state index contributed by atoms with van der Waals surface area (Å²) < 4.78 is 0. The van der Waals surface area contributed by atoms with E-state index in [-0.39, 0.29) is 5.54 Å². The molecule has 1 heterocycles. The summed E-state index contributed by atoms with van der Waals surface area (Å²) in [6, 6.07) is 8.84. The monoisotopic (exact) mass is 246 g/mol. The van der Waals surface area contributed by atoms with Gasteiger partial charge in [-0.25, -0.2) is 0 Å². The van der Waals surface area contributed by atoms with Gasteiger partial charge < -0.3 is 5.32 Å². The van der Waals surface area contributed by atoms with Gasteiger partial charge in [0.2, 0.25) is 0 Å². The molecule has 0 amide bonds. The highest BCUT2D eigenvalue weighted by Gasteiger charge is 2.17. The Labute approximate surface area is 111 Å². The lowest BCUT2D eigenvalue weighted by atomic mass is 10.00. The third kappa shape index (κ3) is 3.56. The number of fused-ring (bicyclic) bond motifs is 1. The second-order valence-electron chi connectivity index (χ2n) is 5.96. The van der Waals surface area contributed by atoms with Gasteiger partial charge >= 0.3 is 0 Å². The van der Waals surface area contributed by atoms with Gasteiger partial charge in [0.15, 0.2) is 0 Å². The van der Waals surface area contributed by atoms with Crippen LogP contribution in [-0.2, 0) is 13.0 Å². The predicted molar refractivity (Wildman–Crippen MR) is 77.8 cm³/mol. The van der Waals surface area contributed by atoms with Crippen LogP contribution in [0.4, 0.5) is 0 Å². The van der Waals surface area contributed by atoms with Gasteiger partial charge in [0.1, 0.15) is 0 Å². The van der Waals surface area contributed by atoms with Crippen molar-refractivity contribution in [1.29, 1.82) is 0 Å². The van der Waals surface area contributed by atoms with E-state index in [2.05, 4.69) is 55.3 Å². The quantitative estimate of drug-likeness (QED) is 0.859. The Morgan fingerprint density at radius 2 is 1.94 bits per heavy atom. The van der Waals surface area contributed by atoms with Crippen LogP contribution in [0, 0.1) is 0 Å². The van der Waals surface area contributed by atoms with E-state index in [0.717, 1.165) is 19.6 Å². The lowest BCUT2D eigenvalue weighted by Gasteiger charge is -2.31. The number of rotatable bonds is 5. The first-order valence-electron chi connectivity index (χ1n) is 7.15. The Bertz CT molecular complexity index is 384. The fourth-order valence-corrected chi connectivity index (χ4v) is 2.42. The molecule has 1 aromatic rings. The molecule has 2 nitrogen and oxygen atoms in total. The summed E-state index contributed by atoms with van der Waals surface area (Å²) in [5.41, 5.74) is 3.32. The van der Waals surface area contributed by atoms with Crippen LogP contribution in [0.2, 0.25) is 0 Å². The molecule has 0 atom stereocenters. The number of hydrogen-bond donors (Lipinski definition) is 1. The molecule has 1 aliphatic heterocycles. The summed E-state index contributed by atoms with van der Waals surface area (Å²) in [6.07, 6.45) is 2.38. The van der Waals surface area contributed by atoms with Crippen molar-refractivity contribution in [3.05, 3.63) is 35.4 Å². The van der Waals surface area contributed by atoms with Crippen LogP contribution in [0.3, 0.4) is 0 Å². The summed E-state index contributed by atoms with van der Waals surface area (Å²) in [5, 5.41) is 3.64. The lowest BCUT2D eigenvalue weighted by Crippen LogP contribution is -2.44. The molecule has 0 spiro atoms. The molecule has 2 heteroatoms. The van der Waals surface area contributed by atoms with Crippen LogP contribution in [0.5, 0.6) is 0 Å². The van der Waals surface area contributed by atoms with Gasteiger partial charge in [-0.2, -0.15) is 0 Å². The van der Waals surface area contributed by atoms with E-state index in [1.807, 2.05) is 0 Å². The van der Waals surface area contributed by atoms with Crippen LogP contribution < -0.4 is 5.32 Å². The van der Waals surface area contributed by atoms with Crippen LogP contribution in [0.25, 0.3) is 0 Å². The predicted octanol–water partition coefficient (Wildman–Crippen LogP) is 2.82. The second kappa shape index (κ2) is 5.85. The average molecular weight is 246 g/mol. The van der Waals surface area contributed by atoms with Crippen molar-refractivity contribution < 1.29 is 0 Å². The molecule has 0 saturated heterocycles. The molecule has 0 aromatic heterocycles. The molecular formula is C16H26N2. The van der Waals surface area contributed by atoms with Crippen molar-refractivity contribution in [3.8, 4) is 0 Å². The second-order valence-corrected chi connectivity index (χ2v) is 5.96. The third-order valence-corrected chi connectivity index (χ3v) is 4.13. The molecule has 1 N–H and O–H groups in total. The Hall–Kier alpha value is -0.860. The summed E-state index contributed by atoms with van der Waals surface area (Å²) in [4.78, 5) is 2.56. The Morgan fingerprint density at radius 1 is 1.22 bits per heavy atom. The van der Waals surface area contributed by atoms with E-state index in [9.17, 15) is 0 Å². The van der Waals surface area contributed by atoms with Crippen molar-refractivity contribution in [1.82, 2.24) is 10.2 Å². The SMILES string of the molecule is CCC(C)(C)NCCN1CCc2ccccc2C1. The number of benzene rings is 1. The van der Waals surface area contributed by atoms with E-state index >= 15 is 0 Å². The van der Waals surface area contributed by atoms with Gasteiger partial charge in [-0.05, 0) is 37.8 Å². The van der Waals surface area contributed by atoms with Crippen molar-refractivity contribution in [3.63, 3.8) is 0 Å². The van der Waals surface area contributed by atoms with Crippen LogP contribution >= 0.6 is 0 Å². The molecule has 0 saturated carbocycles. The largest absolute Gasteiger partial charge is 0.311 e. The summed E-state index contributed by atoms with van der Waals surface area (Å²) in [7, 11) is 0. The van der Waals surface area contributed by atoms with E-state index < -0.39 is 0 Å². The smallest absolute Gasteiger partial charge is 0.0237 e. The van der Waals surface area contributed by atoms with Crippen molar-refractivity contribution >= 4 is 0 Å². The zero-order chi connectivity index (χ0) is 13.0. The van der Waals surface area contributed by atoms with Crippen molar-refractivity contribution in [2.75, 3.05) is 19.6 Å². The zero-order valence-corrected chi connectivity index (χ0v) is 12.0. The molecule has 2 rings (SSSR count). The van der Waals surface area contributed by atoms with Gasteiger partial charge in [0.25, 0.3) is 0 Å². The van der Waals surface area contributed by atoms with Crippen LogP contribution in [-0.4, -0.2) is 30.1 Å². The molecule has 0 bridgehead atoms. The third-order valence-electron chi connectivity index (χ3n) is 4.13. The first kappa shape index (κ1) is 13.6. The first-order chi connectivity index (χ1) is 8.61. The van der Waals surface area contributed by atoms with E-state index in [1.165, 1.54) is 30.5 Å². The van der Waals surface area contributed by atoms with Crippen LogP contribution in [0.1, 0.15) is 38.3 Å². The minimum atomic E-state index is 0.272. The number of nitrogens with zero attached hydrogens (tertiary/aromatic N) is 1. The maximum absolute atomic E-state index is 3.64. The van der Waals surface area contributed by atoms with Gasteiger partial charge in [-0.15, -0.1) is 0 Å². The zero-order valence-electron chi connectivity index (χ0n) is 12.0. The Balaban J connectivity index is 1.80. The fourth-order valence-electron chi connectivity index (χ4n) is 2.42. The highest BCUT2D eigenvalue weighted by Crippen LogP contribution is 2.18. The molecule has 0 radical (unpaired) electrons. The van der Waals surface area contributed by atoms with E-state index in [4.69, 9.17) is 0 Å². The number of nitrogens with one attached hydrogen (secondary N) is 1. The maximum atomic E-state index is 3.64. The highest BCUT2D eigenvalue weighted by atomic mass is 15.1. The molecule has 0 aliphatic carbocycles. The molecular weight excluding hydrogens is 220 g/mol. The molecule has 100 valence electrons. The topological polar surface area (TPSA) is 15.3 Å². The first-order valence-corrected chi connectivity index (χ1v) is 7.15. The minimum Gasteiger partial charge on any atom is -0.311 e. The summed E-state index contributed by atoms with van der Waals surface area (Å²) in [5.74, 6) is 0. The molecule has 0 unspecified atom stereocenters. The Kier molecular flexibility index (Phi) is 4.41. The molecule has 1 aliphatic rings. The summed E-state index contributed by atoms with van der Waals surface area (Å²) in [6.45, 7) is 11.3. The van der Waals surface area contributed by atoms with Gasteiger partial charge in [0.05, 0.1) is 0 Å². The number of hydrogen-bond acceptors (Lipinski definition) is 2. The summed E-state index contributed by atoms with van der Waals surface area (Å²) >= 11 is 0. The minimum absolute atomic E-state index is 0.272. The molecule has 18 heavy (non-hydrogen) atoms. The maximum Gasteiger partial charge on any atom is 0.0237 e. The van der Waals surface area contributed by atoms with E-state index in [0.29, 0.717) is 0 Å². The van der Waals surface area contributed by atoms with Crippen molar-refractivity contribution in [2.24, 2.45) is 0 Å². The van der Waals surface area contributed by atoms with E-state index in [1.54, 1.807) is 0 Å². The van der Waals surface area contributed by atoms with Gasteiger partial charge in [-0.1, -0.05) is 31.2 Å². The normalized spacial score (nSPS) is 16.6. The van der Waals surface area contributed by atoms with Crippen molar-refractivity contribution in [2.45, 2.75) is 45.7 Å². The lowest BCUT2D eigenvalue weighted by molar-refractivity contribution is 0.240. The highest BCUT2D eigenvalue weighted by molar-refractivity contribution is 5.28. The molecule has 1 aromatic carbocycles. The van der Waals surface area contributed by atoms with Gasteiger partial charge in [0, 0.05) is 31.7 Å². The van der Waals surface area contributed by atoms with Gasteiger partial charge in [-0.3, -0.25) is 4.90 Å². The Morgan fingerprint density at radius 3 is 2.67 bits per heavy atom. The standard InChI is InChI=1S/C16H26N2/c1-4-16(2,3)17-10-12-18-11-9-14-7-5-6-8-15(14)13-18/h5-8,17H,4,9-13H2,1-3H3. The fraction of sp³-hybridized carbons (Fsp3) is 0.625. The van der Waals surface area contributed by atoms with Crippen LogP contribution in [0.15, 0.2) is 24.3 Å². The average Bonchev–Trinajstić information content (AvgIpc) is 2.38.